The van der Waals surface area contributed by atoms with Crippen molar-refractivity contribution in [2.45, 2.75) is 59.4 Å². The number of benzene rings is 5. The van der Waals surface area contributed by atoms with Crippen LogP contribution in [0.15, 0.2) is 127 Å². The number of hydrogen-bond donors (Lipinski definition) is 0. The normalized spacial score (nSPS) is 12.7. The van der Waals surface area contributed by atoms with E-state index in [0.717, 1.165) is 26.1 Å². The van der Waals surface area contributed by atoms with E-state index in [2.05, 4.69) is 171 Å². The molecule has 2 nitrogen and oxygen atoms in total. The molecule has 0 aliphatic heterocycles. The number of fused-ring (bicyclic) bond motifs is 1. The molecule has 2 unspecified atom stereocenters. The second-order valence-electron chi connectivity index (χ2n) is 12.4. The third-order valence-electron chi connectivity index (χ3n) is 9.61. The number of aromatic nitrogens is 1. The summed E-state index contributed by atoms with van der Waals surface area (Å²) in [6.07, 6.45) is 1.15. The molecule has 5 aromatic carbocycles. The molecule has 0 saturated carbocycles. The van der Waals surface area contributed by atoms with Crippen LogP contribution in [-0.2, 0) is 6.54 Å². The summed E-state index contributed by atoms with van der Waals surface area (Å²) in [5.74, 6) is 0.645. The van der Waals surface area contributed by atoms with E-state index >= 15 is 0 Å². The molecule has 0 fully saturated rings. The van der Waals surface area contributed by atoms with Crippen LogP contribution in [0.4, 0.5) is 5.69 Å². The van der Waals surface area contributed by atoms with Crippen LogP contribution in [-0.4, -0.2) is 17.7 Å². The standard InChI is InChI=1S/C43H46N2/c1-6-32(5)34-24-20-33(21-25-34)30-45-40-17-13-12-16-39(40)42(43(45)37-14-10-9-11-15-37)41(35-22-18-31(4)19-23-35)36-26-28-38(29-27-36)44(7-2)8-3/h9-29,32,41H,6-8,30H2,1-5H3. The number of anilines is 1. The van der Waals surface area contributed by atoms with Crippen LogP contribution in [0.2, 0.25) is 0 Å². The Balaban J connectivity index is 1.59. The predicted octanol–water partition coefficient (Wildman–Crippen LogP) is 11.2. The van der Waals surface area contributed by atoms with E-state index in [1.807, 2.05) is 0 Å². The first-order valence-corrected chi connectivity index (χ1v) is 16.7. The molecule has 0 saturated heterocycles. The fourth-order valence-electron chi connectivity index (χ4n) is 6.81. The van der Waals surface area contributed by atoms with Gasteiger partial charge in [0, 0.05) is 42.1 Å². The van der Waals surface area contributed by atoms with E-state index in [1.54, 1.807) is 0 Å². The molecule has 0 aliphatic carbocycles. The molecule has 0 aliphatic rings. The van der Waals surface area contributed by atoms with Crippen molar-refractivity contribution in [2.75, 3.05) is 18.0 Å². The van der Waals surface area contributed by atoms with Crippen LogP contribution in [0.5, 0.6) is 0 Å². The van der Waals surface area contributed by atoms with Gasteiger partial charge in [0.1, 0.15) is 0 Å². The van der Waals surface area contributed by atoms with Gasteiger partial charge >= 0.3 is 0 Å². The zero-order valence-electron chi connectivity index (χ0n) is 27.5. The van der Waals surface area contributed by atoms with E-state index < -0.39 is 0 Å². The average molecular weight is 591 g/mol. The minimum absolute atomic E-state index is 0.0745. The van der Waals surface area contributed by atoms with Gasteiger partial charge in [-0.1, -0.05) is 129 Å². The Labute approximate surface area is 270 Å². The van der Waals surface area contributed by atoms with Gasteiger partial charge in [-0.15, -0.1) is 0 Å². The Morgan fingerprint density at radius 3 is 1.82 bits per heavy atom. The first kappa shape index (κ1) is 30.5. The van der Waals surface area contributed by atoms with Crippen LogP contribution < -0.4 is 4.90 Å². The Hall–Kier alpha value is -4.56. The zero-order chi connectivity index (χ0) is 31.3. The predicted molar refractivity (Wildman–Crippen MR) is 194 cm³/mol. The summed E-state index contributed by atoms with van der Waals surface area (Å²) in [6.45, 7) is 14.0. The summed E-state index contributed by atoms with van der Waals surface area (Å²) >= 11 is 0. The van der Waals surface area contributed by atoms with Crippen molar-refractivity contribution in [1.29, 1.82) is 0 Å². The van der Waals surface area contributed by atoms with E-state index in [0.29, 0.717) is 5.92 Å². The first-order valence-electron chi connectivity index (χ1n) is 16.7. The summed E-state index contributed by atoms with van der Waals surface area (Å²) in [7, 11) is 0. The second kappa shape index (κ2) is 13.6. The molecule has 6 aromatic rings. The number of hydrogen-bond acceptors (Lipinski definition) is 1. The van der Waals surface area contributed by atoms with Crippen LogP contribution in [0, 0.1) is 6.92 Å². The number of rotatable bonds is 11. The van der Waals surface area contributed by atoms with Crippen molar-refractivity contribution in [3.8, 4) is 11.3 Å². The maximum atomic E-state index is 2.56. The molecule has 0 spiro atoms. The van der Waals surface area contributed by atoms with Crippen LogP contribution in [0.25, 0.3) is 22.2 Å². The third kappa shape index (κ3) is 6.20. The van der Waals surface area contributed by atoms with Gasteiger partial charge in [-0.25, -0.2) is 0 Å². The fourth-order valence-corrected chi connectivity index (χ4v) is 6.81. The molecular weight excluding hydrogens is 544 g/mol. The molecule has 0 N–H and O–H groups in total. The quantitative estimate of drug-likeness (QED) is 0.146. The van der Waals surface area contributed by atoms with Crippen molar-refractivity contribution < 1.29 is 0 Å². The van der Waals surface area contributed by atoms with E-state index in [9.17, 15) is 0 Å². The van der Waals surface area contributed by atoms with Crippen LogP contribution in [0.1, 0.15) is 79.3 Å². The Kier molecular flexibility index (Phi) is 9.21. The summed E-state index contributed by atoms with van der Waals surface area (Å²) < 4.78 is 2.56. The summed E-state index contributed by atoms with van der Waals surface area (Å²) in [5, 5.41) is 1.31. The highest BCUT2D eigenvalue weighted by atomic mass is 15.1. The molecule has 1 heterocycles. The molecule has 0 radical (unpaired) electrons. The van der Waals surface area contributed by atoms with Crippen molar-refractivity contribution in [3.05, 3.63) is 161 Å². The van der Waals surface area contributed by atoms with Gasteiger partial charge in [-0.2, -0.15) is 0 Å². The summed E-state index contributed by atoms with van der Waals surface area (Å²) in [6, 6.07) is 47.8. The maximum Gasteiger partial charge on any atom is 0.0536 e. The fraction of sp³-hybridized carbons (Fsp3) is 0.256. The first-order chi connectivity index (χ1) is 22.0. The van der Waals surface area contributed by atoms with Gasteiger partial charge in [-0.3, -0.25) is 0 Å². The lowest BCUT2D eigenvalue weighted by molar-refractivity contribution is 0.732. The molecule has 1 aromatic heterocycles. The smallest absolute Gasteiger partial charge is 0.0536 e. The molecule has 2 atom stereocenters. The third-order valence-corrected chi connectivity index (χ3v) is 9.61. The van der Waals surface area contributed by atoms with E-state index in [-0.39, 0.29) is 5.92 Å². The van der Waals surface area contributed by atoms with Crippen molar-refractivity contribution in [1.82, 2.24) is 4.57 Å². The minimum atomic E-state index is 0.0745. The molecule has 6 rings (SSSR count). The van der Waals surface area contributed by atoms with Gasteiger partial charge in [0.05, 0.1) is 5.69 Å². The zero-order valence-corrected chi connectivity index (χ0v) is 27.5. The second-order valence-corrected chi connectivity index (χ2v) is 12.4. The summed E-state index contributed by atoms with van der Waals surface area (Å²) in [5.41, 5.74) is 13.1. The highest BCUT2D eigenvalue weighted by Gasteiger charge is 2.28. The highest BCUT2D eigenvalue weighted by Crippen LogP contribution is 2.45. The number of aryl methyl sites for hydroxylation is 1. The van der Waals surface area contributed by atoms with Gasteiger partial charge in [0.15, 0.2) is 0 Å². The van der Waals surface area contributed by atoms with E-state index in [1.165, 1.54) is 61.2 Å². The Morgan fingerprint density at radius 2 is 1.20 bits per heavy atom. The minimum Gasteiger partial charge on any atom is -0.372 e. The van der Waals surface area contributed by atoms with E-state index in [4.69, 9.17) is 0 Å². The average Bonchev–Trinajstić information content (AvgIpc) is 3.40. The lowest BCUT2D eigenvalue weighted by atomic mass is 9.82. The van der Waals surface area contributed by atoms with Crippen molar-refractivity contribution in [2.24, 2.45) is 0 Å². The molecule has 0 bridgehead atoms. The SMILES string of the molecule is CCC(C)c1ccc(Cn2c(-c3ccccc3)c(C(c3ccc(C)cc3)c3ccc(N(CC)CC)cc3)c3ccccc32)cc1. The molecule has 45 heavy (non-hydrogen) atoms. The molecule has 0 amide bonds. The lowest BCUT2D eigenvalue weighted by Gasteiger charge is -2.24. The van der Waals surface area contributed by atoms with Crippen LogP contribution >= 0.6 is 0 Å². The number of para-hydroxylation sites is 1. The van der Waals surface area contributed by atoms with Gasteiger partial charge in [-0.05, 0) is 84.7 Å². The molecule has 228 valence electrons. The van der Waals surface area contributed by atoms with Gasteiger partial charge in [0.25, 0.3) is 0 Å². The Bertz CT molecular complexity index is 1820. The van der Waals surface area contributed by atoms with Crippen molar-refractivity contribution in [3.63, 3.8) is 0 Å². The lowest BCUT2D eigenvalue weighted by Crippen LogP contribution is -2.21. The Morgan fingerprint density at radius 1 is 0.622 bits per heavy atom. The van der Waals surface area contributed by atoms with Gasteiger partial charge < -0.3 is 9.47 Å². The van der Waals surface area contributed by atoms with Crippen LogP contribution in [0.3, 0.4) is 0 Å². The largest absolute Gasteiger partial charge is 0.372 e. The topological polar surface area (TPSA) is 8.17 Å². The molecule has 2 heteroatoms. The highest BCUT2D eigenvalue weighted by molar-refractivity contribution is 5.94. The van der Waals surface area contributed by atoms with Gasteiger partial charge in [0.2, 0.25) is 0 Å². The monoisotopic (exact) mass is 590 g/mol. The maximum absolute atomic E-state index is 2.56. The summed E-state index contributed by atoms with van der Waals surface area (Å²) in [4.78, 5) is 2.42. The van der Waals surface area contributed by atoms with Crippen molar-refractivity contribution >= 4 is 16.6 Å². The molecular formula is C43H46N2. The number of nitrogens with zero attached hydrogens (tertiary/aromatic N) is 2.